The molecule has 2 aliphatic heterocycles. The van der Waals surface area contributed by atoms with E-state index in [4.69, 9.17) is 4.99 Å². The molecule has 0 bridgehead atoms. The number of likely N-dealkylation sites (tertiary alicyclic amines) is 1. The maximum Gasteiger partial charge on any atom is 0.236 e. The minimum atomic E-state index is -0.216. The number of nitrogens with zero attached hydrogens (tertiary/aromatic N) is 4. The molecule has 0 radical (unpaired) electrons. The highest BCUT2D eigenvalue weighted by Gasteiger charge is 2.24. The van der Waals surface area contributed by atoms with Crippen molar-refractivity contribution in [1.29, 1.82) is 0 Å². The van der Waals surface area contributed by atoms with Gasteiger partial charge in [-0.25, -0.2) is 4.39 Å². The number of hydrogen-bond donors (Lipinski definition) is 2. The van der Waals surface area contributed by atoms with E-state index in [1.54, 1.807) is 12.1 Å². The number of amides is 1. The third kappa shape index (κ3) is 6.81. The smallest absolute Gasteiger partial charge is 0.236 e. The van der Waals surface area contributed by atoms with E-state index in [-0.39, 0.29) is 35.7 Å². The number of carbonyl (C=O) groups is 1. The standard InChI is InChI=1S/C24H35FN6O.HI/c1-2-26-24(27-9-8-19-17-28-22-7-6-20(25)16-21(19)22)31-14-12-29(13-15-31)18-23(32)30-10-4-3-5-11-30;/h6-7,16-17,28H,2-5,8-15,18H2,1H3,(H,26,27);1H. The Morgan fingerprint density at radius 1 is 1.09 bits per heavy atom. The summed E-state index contributed by atoms with van der Waals surface area (Å²) in [6.45, 7) is 9.33. The van der Waals surface area contributed by atoms with Crippen LogP contribution in [0.1, 0.15) is 31.7 Å². The second-order valence-electron chi connectivity index (χ2n) is 8.69. The highest BCUT2D eigenvalue weighted by molar-refractivity contribution is 14.0. The zero-order valence-corrected chi connectivity index (χ0v) is 21.8. The fraction of sp³-hybridized carbons (Fsp3) is 0.583. The summed E-state index contributed by atoms with van der Waals surface area (Å²) < 4.78 is 13.6. The van der Waals surface area contributed by atoms with Crippen LogP contribution in [0.3, 0.4) is 0 Å². The Labute approximate surface area is 212 Å². The molecule has 2 N–H and O–H groups in total. The van der Waals surface area contributed by atoms with Crippen molar-refractivity contribution in [3.05, 3.63) is 35.8 Å². The van der Waals surface area contributed by atoms with Crippen LogP contribution in [0.4, 0.5) is 4.39 Å². The van der Waals surface area contributed by atoms with Crippen LogP contribution < -0.4 is 5.32 Å². The molecule has 0 atom stereocenters. The molecule has 0 saturated carbocycles. The lowest BCUT2D eigenvalue weighted by Gasteiger charge is -2.37. The van der Waals surface area contributed by atoms with Crippen LogP contribution in [-0.2, 0) is 11.2 Å². The third-order valence-corrected chi connectivity index (χ3v) is 6.45. The minimum absolute atomic E-state index is 0. The molecule has 33 heavy (non-hydrogen) atoms. The molecule has 4 rings (SSSR count). The van der Waals surface area contributed by atoms with Crippen LogP contribution in [0.15, 0.2) is 29.4 Å². The molecule has 9 heteroatoms. The van der Waals surface area contributed by atoms with Crippen molar-refractivity contribution in [2.45, 2.75) is 32.6 Å². The van der Waals surface area contributed by atoms with Gasteiger partial charge in [0.05, 0.1) is 6.54 Å². The molecule has 3 heterocycles. The number of nitrogens with one attached hydrogen (secondary N) is 2. The summed E-state index contributed by atoms with van der Waals surface area (Å²) in [5.74, 6) is 0.973. The average molecular weight is 570 g/mol. The number of halogens is 2. The molecule has 0 aliphatic carbocycles. The summed E-state index contributed by atoms with van der Waals surface area (Å²) in [5, 5.41) is 4.33. The maximum absolute atomic E-state index is 13.6. The van der Waals surface area contributed by atoms with E-state index in [9.17, 15) is 9.18 Å². The molecule has 2 fully saturated rings. The normalized spacial score (nSPS) is 17.8. The van der Waals surface area contributed by atoms with E-state index in [2.05, 4.69) is 27.0 Å². The Hall–Kier alpha value is -1.88. The van der Waals surface area contributed by atoms with Gasteiger partial charge in [0.1, 0.15) is 5.82 Å². The van der Waals surface area contributed by atoms with Gasteiger partial charge >= 0.3 is 0 Å². The van der Waals surface area contributed by atoms with Gasteiger partial charge in [0.15, 0.2) is 5.96 Å². The minimum Gasteiger partial charge on any atom is -0.361 e. The molecular weight excluding hydrogens is 534 g/mol. The van der Waals surface area contributed by atoms with E-state index >= 15 is 0 Å². The molecule has 182 valence electrons. The zero-order valence-electron chi connectivity index (χ0n) is 19.5. The lowest BCUT2D eigenvalue weighted by atomic mass is 10.1. The van der Waals surface area contributed by atoms with Crippen molar-refractivity contribution in [3.63, 3.8) is 0 Å². The Morgan fingerprint density at radius 3 is 2.58 bits per heavy atom. The van der Waals surface area contributed by atoms with E-state index in [0.29, 0.717) is 13.1 Å². The first-order valence-corrected chi connectivity index (χ1v) is 11.9. The molecular formula is C24H36FIN6O. The number of guanidine groups is 1. The molecule has 0 unspecified atom stereocenters. The van der Waals surface area contributed by atoms with Gasteiger partial charge in [-0.1, -0.05) is 0 Å². The fourth-order valence-electron chi connectivity index (χ4n) is 4.62. The van der Waals surface area contributed by atoms with Gasteiger partial charge in [-0.2, -0.15) is 0 Å². The van der Waals surface area contributed by atoms with Gasteiger partial charge < -0.3 is 20.1 Å². The van der Waals surface area contributed by atoms with Crippen LogP contribution in [-0.4, -0.2) is 90.5 Å². The second kappa shape index (κ2) is 12.5. The average Bonchev–Trinajstić information content (AvgIpc) is 3.21. The van der Waals surface area contributed by atoms with E-state index < -0.39 is 0 Å². The molecule has 2 aromatic rings. The van der Waals surface area contributed by atoms with Gasteiger partial charge in [0.25, 0.3) is 0 Å². The monoisotopic (exact) mass is 570 g/mol. The van der Waals surface area contributed by atoms with Gasteiger partial charge in [-0.3, -0.25) is 14.7 Å². The van der Waals surface area contributed by atoms with Crippen molar-refractivity contribution < 1.29 is 9.18 Å². The SMILES string of the molecule is CCNC(=NCCc1c[nH]c2ccc(F)cc12)N1CCN(CC(=O)N2CCCCC2)CC1.I. The number of piperidine rings is 1. The van der Waals surface area contributed by atoms with Gasteiger partial charge in [-0.05, 0) is 56.4 Å². The Balaban J connectivity index is 0.00000306. The highest BCUT2D eigenvalue weighted by Crippen LogP contribution is 2.20. The summed E-state index contributed by atoms with van der Waals surface area (Å²) >= 11 is 0. The summed E-state index contributed by atoms with van der Waals surface area (Å²) in [5.41, 5.74) is 2.03. The highest BCUT2D eigenvalue weighted by atomic mass is 127. The van der Waals surface area contributed by atoms with Gasteiger partial charge in [-0.15, -0.1) is 24.0 Å². The molecule has 2 aliphatic rings. The Morgan fingerprint density at radius 2 is 1.85 bits per heavy atom. The lowest BCUT2D eigenvalue weighted by molar-refractivity contribution is -0.133. The predicted molar refractivity (Wildman–Crippen MR) is 142 cm³/mol. The first kappa shape index (κ1) is 25.7. The predicted octanol–water partition coefficient (Wildman–Crippen LogP) is 3.06. The van der Waals surface area contributed by atoms with Crippen molar-refractivity contribution in [3.8, 4) is 0 Å². The summed E-state index contributed by atoms with van der Waals surface area (Å²) in [7, 11) is 0. The second-order valence-corrected chi connectivity index (χ2v) is 8.69. The van der Waals surface area contributed by atoms with Crippen molar-refractivity contribution in [2.75, 3.05) is 58.9 Å². The summed E-state index contributed by atoms with van der Waals surface area (Å²) in [6.07, 6.45) is 6.21. The number of carbonyl (C=O) groups excluding carboxylic acids is 1. The number of benzene rings is 1. The van der Waals surface area contributed by atoms with E-state index in [1.165, 1.54) is 12.5 Å². The third-order valence-electron chi connectivity index (χ3n) is 6.45. The number of hydrogen-bond acceptors (Lipinski definition) is 3. The van der Waals surface area contributed by atoms with Crippen LogP contribution in [0.2, 0.25) is 0 Å². The number of H-pyrrole nitrogens is 1. The van der Waals surface area contributed by atoms with Crippen LogP contribution >= 0.6 is 24.0 Å². The molecule has 1 amide bonds. The topological polar surface area (TPSA) is 67.0 Å². The quantitative estimate of drug-likeness (QED) is 0.319. The van der Waals surface area contributed by atoms with E-state index in [1.807, 2.05) is 11.1 Å². The van der Waals surface area contributed by atoms with Crippen LogP contribution in [0.5, 0.6) is 0 Å². The number of fused-ring (bicyclic) bond motifs is 1. The van der Waals surface area contributed by atoms with Gasteiger partial charge in [0, 0.05) is 69.5 Å². The number of piperazine rings is 1. The van der Waals surface area contributed by atoms with Crippen LogP contribution in [0.25, 0.3) is 10.9 Å². The number of aromatic nitrogens is 1. The first-order chi connectivity index (χ1) is 15.6. The summed E-state index contributed by atoms with van der Waals surface area (Å²) in [4.78, 5) is 27.2. The number of aliphatic imine (C=N–C) groups is 1. The molecule has 7 nitrogen and oxygen atoms in total. The number of aromatic amines is 1. The van der Waals surface area contributed by atoms with E-state index in [0.717, 1.165) is 87.5 Å². The molecule has 2 saturated heterocycles. The lowest BCUT2D eigenvalue weighted by Crippen LogP contribution is -2.54. The molecule has 1 aromatic carbocycles. The Bertz CT molecular complexity index is 934. The molecule has 1 aromatic heterocycles. The van der Waals surface area contributed by atoms with Crippen LogP contribution in [0, 0.1) is 5.82 Å². The van der Waals surface area contributed by atoms with Crippen molar-refractivity contribution >= 4 is 46.7 Å². The first-order valence-electron chi connectivity index (χ1n) is 11.9. The number of rotatable bonds is 6. The fourth-order valence-corrected chi connectivity index (χ4v) is 4.62. The molecule has 0 spiro atoms. The Kier molecular flexibility index (Phi) is 9.78. The van der Waals surface area contributed by atoms with Crippen molar-refractivity contribution in [2.24, 2.45) is 4.99 Å². The maximum atomic E-state index is 13.6. The van der Waals surface area contributed by atoms with Crippen molar-refractivity contribution in [1.82, 2.24) is 25.0 Å². The zero-order chi connectivity index (χ0) is 22.3. The summed E-state index contributed by atoms with van der Waals surface area (Å²) in [6, 6.07) is 4.83. The van der Waals surface area contributed by atoms with Gasteiger partial charge in [0.2, 0.25) is 5.91 Å². The largest absolute Gasteiger partial charge is 0.361 e.